The molecule has 0 spiro atoms. The van der Waals surface area contributed by atoms with Gasteiger partial charge in [-0.1, -0.05) is 36.0 Å². The van der Waals surface area contributed by atoms with Gasteiger partial charge in [0.1, 0.15) is 10.6 Å². The molecule has 39 heavy (non-hydrogen) atoms. The topological polar surface area (TPSA) is 78.5 Å². The summed E-state index contributed by atoms with van der Waals surface area (Å²) < 4.78 is 39.1. The number of nitrogens with one attached hydrogen (secondary N) is 2. The van der Waals surface area contributed by atoms with E-state index in [9.17, 15) is 27.6 Å². The minimum Gasteiger partial charge on any atom is -0.350 e. The first-order valence-corrected chi connectivity index (χ1v) is 13.2. The van der Waals surface area contributed by atoms with Gasteiger partial charge in [-0.15, -0.1) is 11.3 Å². The lowest BCUT2D eigenvalue weighted by atomic mass is 10.2. The lowest BCUT2D eigenvalue weighted by Gasteiger charge is -2.16. The highest BCUT2D eigenvalue weighted by Crippen LogP contribution is 2.39. The van der Waals surface area contributed by atoms with Crippen LogP contribution in [0.3, 0.4) is 0 Å². The van der Waals surface area contributed by atoms with Crippen LogP contribution < -0.4 is 15.5 Å². The van der Waals surface area contributed by atoms with Gasteiger partial charge < -0.3 is 10.6 Å². The van der Waals surface area contributed by atoms with Gasteiger partial charge in [0.05, 0.1) is 16.1 Å². The highest BCUT2D eigenvalue weighted by Gasteiger charge is 2.40. The van der Waals surface area contributed by atoms with Crippen LogP contribution in [0.15, 0.2) is 112 Å². The van der Waals surface area contributed by atoms with Crippen molar-refractivity contribution in [3.05, 3.63) is 117 Å². The summed E-state index contributed by atoms with van der Waals surface area (Å²) in [5.74, 6) is -1.60. The first-order valence-electron chi connectivity index (χ1n) is 11.5. The number of thioether (sulfide) groups is 1. The molecule has 1 aromatic heterocycles. The summed E-state index contributed by atoms with van der Waals surface area (Å²) in [6.07, 6.45) is -4.55. The number of anilines is 3. The second-order valence-corrected chi connectivity index (χ2v) is 10.3. The Morgan fingerprint density at radius 2 is 1.49 bits per heavy atom. The number of benzene rings is 3. The quantitative estimate of drug-likeness (QED) is 0.236. The summed E-state index contributed by atoms with van der Waals surface area (Å²) in [7, 11) is 0. The van der Waals surface area contributed by atoms with Gasteiger partial charge >= 0.3 is 6.18 Å². The maximum atomic E-state index is 13.5. The zero-order valence-electron chi connectivity index (χ0n) is 19.9. The Bertz CT molecular complexity index is 1550. The molecular formula is C28H18F3N3O3S2. The average molecular weight is 566 g/mol. The molecule has 11 heteroatoms. The van der Waals surface area contributed by atoms with Crippen LogP contribution in [0.1, 0.15) is 15.2 Å². The van der Waals surface area contributed by atoms with E-state index in [0.717, 1.165) is 40.9 Å². The molecule has 0 atom stereocenters. The first kappa shape index (κ1) is 26.3. The number of amides is 3. The molecule has 5 rings (SSSR count). The predicted molar refractivity (Wildman–Crippen MR) is 146 cm³/mol. The minimum atomic E-state index is -4.55. The van der Waals surface area contributed by atoms with Crippen LogP contribution >= 0.6 is 23.1 Å². The summed E-state index contributed by atoms with van der Waals surface area (Å²) in [5.41, 5.74) is 0.253. The van der Waals surface area contributed by atoms with Crippen molar-refractivity contribution in [3.8, 4) is 0 Å². The Morgan fingerprint density at radius 1 is 0.795 bits per heavy atom. The van der Waals surface area contributed by atoms with Crippen LogP contribution in [0.5, 0.6) is 0 Å². The second kappa shape index (κ2) is 10.8. The van der Waals surface area contributed by atoms with Crippen LogP contribution in [-0.2, 0) is 15.8 Å². The van der Waals surface area contributed by atoms with Crippen molar-refractivity contribution >= 4 is 57.9 Å². The van der Waals surface area contributed by atoms with Crippen molar-refractivity contribution in [1.29, 1.82) is 0 Å². The fourth-order valence-electron chi connectivity index (χ4n) is 3.74. The fourth-order valence-corrected chi connectivity index (χ4v) is 5.28. The largest absolute Gasteiger partial charge is 0.416 e. The molecule has 0 unspecified atom stereocenters. The summed E-state index contributed by atoms with van der Waals surface area (Å²) in [6, 6.07) is 22.8. The Hall–Kier alpha value is -4.35. The van der Waals surface area contributed by atoms with E-state index in [1.54, 1.807) is 72.1 Å². The molecule has 196 valence electrons. The third-order valence-corrected chi connectivity index (χ3v) is 7.57. The highest BCUT2D eigenvalue weighted by atomic mass is 32.2. The maximum Gasteiger partial charge on any atom is 0.416 e. The highest BCUT2D eigenvalue weighted by molar-refractivity contribution is 8.04. The van der Waals surface area contributed by atoms with E-state index in [1.807, 2.05) is 0 Å². The van der Waals surface area contributed by atoms with E-state index in [-0.39, 0.29) is 22.2 Å². The van der Waals surface area contributed by atoms with Gasteiger partial charge in [0.2, 0.25) is 0 Å². The number of rotatable bonds is 7. The molecule has 0 radical (unpaired) electrons. The summed E-state index contributed by atoms with van der Waals surface area (Å²) in [5, 5.41) is 7.59. The van der Waals surface area contributed by atoms with E-state index in [4.69, 9.17) is 0 Å². The maximum absolute atomic E-state index is 13.5. The van der Waals surface area contributed by atoms with Gasteiger partial charge in [0.25, 0.3) is 17.7 Å². The molecular weight excluding hydrogens is 547 g/mol. The Kier molecular flexibility index (Phi) is 7.27. The van der Waals surface area contributed by atoms with Crippen LogP contribution in [-0.4, -0.2) is 17.7 Å². The smallest absolute Gasteiger partial charge is 0.350 e. The molecule has 6 nitrogen and oxygen atoms in total. The number of nitrogens with zero attached hydrogens (tertiary/aromatic N) is 1. The third kappa shape index (κ3) is 5.74. The number of carbonyl (C=O) groups is 3. The zero-order valence-corrected chi connectivity index (χ0v) is 21.5. The number of alkyl halides is 3. The molecule has 0 aliphatic carbocycles. The molecule has 2 heterocycles. The minimum absolute atomic E-state index is 0.00572. The van der Waals surface area contributed by atoms with Crippen molar-refractivity contribution in [2.24, 2.45) is 0 Å². The zero-order chi connectivity index (χ0) is 27.6. The summed E-state index contributed by atoms with van der Waals surface area (Å²) >= 11 is 2.35. The molecule has 1 aliphatic heterocycles. The van der Waals surface area contributed by atoms with Gasteiger partial charge in [-0.25, -0.2) is 4.90 Å². The Balaban J connectivity index is 1.41. The average Bonchev–Trinajstić information content (AvgIpc) is 3.54. The predicted octanol–water partition coefficient (Wildman–Crippen LogP) is 7.01. The number of hydrogen-bond acceptors (Lipinski definition) is 6. The van der Waals surface area contributed by atoms with Crippen molar-refractivity contribution in [2.45, 2.75) is 11.1 Å². The second-order valence-electron chi connectivity index (χ2n) is 8.24. The van der Waals surface area contributed by atoms with Gasteiger partial charge in [0, 0.05) is 16.3 Å². The van der Waals surface area contributed by atoms with Crippen molar-refractivity contribution in [3.63, 3.8) is 0 Å². The number of imide groups is 1. The normalized spacial score (nSPS) is 13.7. The van der Waals surface area contributed by atoms with Gasteiger partial charge in [-0.05, 0) is 72.1 Å². The third-order valence-electron chi connectivity index (χ3n) is 5.61. The van der Waals surface area contributed by atoms with Crippen molar-refractivity contribution < 1.29 is 27.6 Å². The Labute approximate surface area is 229 Å². The molecule has 1 aliphatic rings. The standard InChI is InChI=1S/C28H18F3N3O3S2/c29-28(30,31)17-8-12-20(13-9-17)34-26(36)23(32-18-5-2-1-3-6-18)24(27(34)37)39-21-14-10-19(11-15-21)33-25(35)22-7-4-16-38-22/h1-16,32H,(H,33,35). The van der Waals surface area contributed by atoms with Crippen LogP contribution in [0.25, 0.3) is 0 Å². The molecule has 4 aromatic rings. The van der Waals surface area contributed by atoms with E-state index in [1.165, 1.54) is 11.3 Å². The molecule has 0 bridgehead atoms. The lowest BCUT2D eigenvalue weighted by Crippen LogP contribution is -2.32. The Morgan fingerprint density at radius 3 is 2.10 bits per heavy atom. The van der Waals surface area contributed by atoms with Crippen molar-refractivity contribution in [1.82, 2.24) is 0 Å². The number of halogens is 3. The summed E-state index contributed by atoms with van der Waals surface area (Å²) in [6.45, 7) is 0. The SMILES string of the molecule is O=C(Nc1ccc(SC2=C(Nc3ccccc3)C(=O)N(c3ccc(C(F)(F)F)cc3)C2=O)cc1)c1cccs1. The first-order chi connectivity index (χ1) is 18.7. The van der Waals surface area contributed by atoms with E-state index < -0.39 is 23.6 Å². The van der Waals surface area contributed by atoms with E-state index >= 15 is 0 Å². The molecule has 0 fully saturated rings. The van der Waals surface area contributed by atoms with Crippen molar-refractivity contribution in [2.75, 3.05) is 15.5 Å². The molecule has 2 N–H and O–H groups in total. The number of hydrogen-bond donors (Lipinski definition) is 2. The number of thiophene rings is 1. The van der Waals surface area contributed by atoms with E-state index in [0.29, 0.717) is 21.1 Å². The molecule has 3 amide bonds. The van der Waals surface area contributed by atoms with Gasteiger partial charge in [-0.3, -0.25) is 14.4 Å². The lowest BCUT2D eigenvalue weighted by molar-refractivity contribution is -0.137. The van der Waals surface area contributed by atoms with Crippen LogP contribution in [0.4, 0.5) is 30.2 Å². The fraction of sp³-hybridized carbons (Fsp3) is 0.0357. The molecule has 0 saturated heterocycles. The number of para-hydroxylation sites is 1. The van der Waals surface area contributed by atoms with Crippen LogP contribution in [0.2, 0.25) is 0 Å². The van der Waals surface area contributed by atoms with Gasteiger partial charge in [-0.2, -0.15) is 13.2 Å². The monoisotopic (exact) mass is 565 g/mol. The molecule has 0 saturated carbocycles. The summed E-state index contributed by atoms with van der Waals surface area (Å²) in [4.78, 5) is 41.3. The van der Waals surface area contributed by atoms with Gasteiger partial charge in [0.15, 0.2) is 0 Å². The molecule has 3 aromatic carbocycles. The van der Waals surface area contributed by atoms with Crippen LogP contribution in [0, 0.1) is 0 Å². The van der Waals surface area contributed by atoms with E-state index in [2.05, 4.69) is 10.6 Å². The number of carbonyl (C=O) groups excluding carboxylic acids is 3.